The topological polar surface area (TPSA) is 58.5 Å². The van der Waals surface area contributed by atoms with E-state index in [0.717, 1.165) is 9.88 Å². The Hall–Kier alpha value is -1.77. The maximum Gasteiger partial charge on any atom is 0.267 e. The summed E-state index contributed by atoms with van der Waals surface area (Å²) in [6, 6.07) is 3.94. The molecule has 1 aliphatic rings. The molecule has 1 saturated heterocycles. The van der Waals surface area contributed by atoms with Crippen LogP contribution in [0, 0.1) is 6.92 Å². The lowest BCUT2D eigenvalue weighted by atomic mass is 10.3. The van der Waals surface area contributed by atoms with Gasteiger partial charge in [-0.25, -0.2) is 0 Å². The molecule has 3 heterocycles. The van der Waals surface area contributed by atoms with Crippen LogP contribution in [0.5, 0.6) is 0 Å². The van der Waals surface area contributed by atoms with E-state index in [2.05, 4.69) is 21.8 Å². The highest BCUT2D eigenvalue weighted by molar-refractivity contribution is 8.18. The van der Waals surface area contributed by atoms with Crippen LogP contribution in [0.3, 0.4) is 0 Å². The summed E-state index contributed by atoms with van der Waals surface area (Å²) in [5, 5.41) is 11.9. The molecule has 0 atom stereocenters. The van der Waals surface area contributed by atoms with E-state index in [1.54, 1.807) is 22.3 Å². The van der Waals surface area contributed by atoms with Gasteiger partial charge >= 0.3 is 0 Å². The van der Waals surface area contributed by atoms with Gasteiger partial charge in [0.05, 0.1) is 4.91 Å². The molecule has 0 spiro atoms. The summed E-state index contributed by atoms with van der Waals surface area (Å²) >= 11 is 4.35. The lowest BCUT2D eigenvalue weighted by Gasteiger charge is -2.11. The van der Waals surface area contributed by atoms with E-state index in [0.29, 0.717) is 21.7 Å². The molecule has 5 nitrogen and oxygen atoms in total. The van der Waals surface area contributed by atoms with Crippen LogP contribution in [0.15, 0.2) is 40.1 Å². The predicted molar refractivity (Wildman–Crippen MR) is 93.5 cm³/mol. The Balaban J connectivity index is 1.93. The second-order valence-electron chi connectivity index (χ2n) is 4.33. The number of thiophene rings is 1. The van der Waals surface area contributed by atoms with E-state index >= 15 is 0 Å². The average Bonchev–Trinajstić information content (AvgIpc) is 3.19. The first-order valence-corrected chi connectivity index (χ1v) is 8.93. The Bertz CT molecular complexity index is 761. The maximum absolute atomic E-state index is 12.5. The van der Waals surface area contributed by atoms with Gasteiger partial charge in [0.25, 0.3) is 5.91 Å². The first kappa shape index (κ1) is 15.1. The molecule has 0 aliphatic carbocycles. The second-order valence-corrected chi connectivity index (χ2v) is 7.48. The highest BCUT2D eigenvalue weighted by Gasteiger charge is 2.32. The summed E-state index contributed by atoms with van der Waals surface area (Å²) in [6.07, 6.45) is 3.58. The Labute approximate surface area is 140 Å². The number of aryl methyl sites for hydroxylation is 1. The van der Waals surface area contributed by atoms with Crippen molar-refractivity contribution in [1.29, 1.82) is 0 Å². The molecule has 0 saturated carbocycles. The van der Waals surface area contributed by atoms with E-state index in [1.807, 2.05) is 30.5 Å². The van der Waals surface area contributed by atoms with Crippen molar-refractivity contribution in [2.75, 3.05) is 6.54 Å². The van der Waals surface area contributed by atoms with Crippen molar-refractivity contribution in [3.05, 3.63) is 45.0 Å². The molecule has 0 N–H and O–H groups in total. The Kier molecular flexibility index (Phi) is 4.51. The van der Waals surface area contributed by atoms with Gasteiger partial charge in [0, 0.05) is 11.4 Å². The fourth-order valence-corrected chi connectivity index (χ4v) is 4.13. The van der Waals surface area contributed by atoms with Crippen LogP contribution in [0.2, 0.25) is 0 Å². The number of amides is 1. The van der Waals surface area contributed by atoms with Crippen molar-refractivity contribution in [3.8, 4) is 0 Å². The molecule has 0 radical (unpaired) electrons. The summed E-state index contributed by atoms with van der Waals surface area (Å²) in [7, 11) is 0. The summed E-state index contributed by atoms with van der Waals surface area (Å²) in [5.41, 5.74) is 0. The van der Waals surface area contributed by atoms with Crippen molar-refractivity contribution < 1.29 is 4.79 Å². The number of hydrogen-bond acceptors (Lipinski definition) is 7. The lowest BCUT2D eigenvalue weighted by molar-refractivity contribution is -0.121. The minimum Gasteiger partial charge on any atom is -0.282 e. The molecule has 3 rings (SSSR count). The third-order valence-corrected chi connectivity index (χ3v) is 5.28. The molecule has 0 unspecified atom stereocenters. The van der Waals surface area contributed by atoms with Crippen molar-refractivity contribution in [2.45, 2.75) is 6.92 Å². The zero-order chi connectivity index (χ0) is 15.5. The Morgan fingerprint density at radius 2 is 2.32 bits per heavy atom. The van der Waals surface area contributed by atoms with Gasteiger partial charge in [-0.1, -0.05) is 23.5 Å². The molecule has 2 aromatic heterocycles. The van der Waals surface area contributed by atoms with Gasteiger partial charge in [-0.05, 0) is 36.2 Å². The average molecular weight is 348 g/mol. The smallest absolute Gasteiger partial charge is 0.267 e. The molecular formula is C14H12N4OS3. The Morgan fingerprint density at radius 3 is 2.95 bits per heavy atom. The fraction of sp³-hybridized carbons (Fsp3) is 0.143. The van der Waals surface area contributed by atoms with Gasteiger partial charge in [0.1, 0.15) is 5.01 Å². The van der Waals surface area contributed by atoms with Crippen molar-refractivity contribution in [2.24, 2.45) is 4.99 Å². The van der Waals surface area contributed by atoms with Crippen LogP contribution in [0.1, 0.15) is 9.88 Å². The minimum atomic E-state index is -0.0571. The zero-order valence-corrected chi connectivity index (χ0v) is 14.2. The van der Waals surface area contributed by atoms with E-state index in [1.165, 1.54) is 23.1 Å². The van der Waals surface area contributed by atoms with Crippen LogP contribution < -0.4 is 0 Å². The number of aliphatic imine (C=N–C) groups is 1. The van der Waals surface area contributed by atoms with Crippen molar-refractivity contribution in [1.82, 2.24) is 15.1 Å². The van der Waals surface area contributed by atoms with E-state index in [4.69, 9.17) is 0 Å². The van der Waals surface area contributed by atoms with Gasteiger partial charge in [-0.15, -0.1) is 28.1 Å². The third-order valence-electron chi connectivity index (χ3n) is 2.72. The van der Waals surface area contributed by atoms with Crippen LogP contribution in [0.25, 0.3) is 6.08 Å². The number of carbonyl (C=O) groups is 1. The first-order chi connectivity index (χ1) is 10.7. The van der Waals surface area contributed by atoms with Gasteiger partial charge in [-0.2, -0.15) is 4.99 Å². The first-order valence-electron chi connectivity index (χ1n) is 6.42. The maximum atomic E-state index is 12.5. The van der Waals surface area contributed by atoms with E-state index in [-0.39, 0.29) is 5.91 Å². The predicted octanol–water partition coefficient (Wildman–Crippen LogP) is 3.70. The second kappa shape index (κ2) is 6.55. The normalized spacial score (nSPS) is 18.6. The number of nitrogens with zero attached hydrogens (tertiary/aromatic N) is 4. The third kappa shape index (κ3) is 3.18. The summed E-state index contributed by atoms with van der Waals surface area (Å²) in [5.74, 6) is -0.0571. The number of carbonyl (C=O) groups excluding carboxylic acids is 1. The molecule has 0 aromatic carbocycles. The van der Waals surface area contributed by atoms with Gasteiger partial charge in [0.2, 0.25) is 5.13 Å². The highest BCUT2D eigenvalue weighted by atomic mass is 32.2. The standard InChI is InChI=1S/C14H12N4OS3/c1-3-6-18-12(19)11(8-10-5-4-7-20-10)22-14(18)15-13-17-16-9(2)21-13/h3-5,7-8H,1,6H2,2H3/b11-8+,15-14?. The number of rotatable bonds is 4. The monoisotopic (exact) mass is 348 g/mol. The van der Waals surface area contributed by atoms with E-state index < -0.39 is 0 Å². The van der Waals surface area contributed by atoms with E-state index in [9.17, 15) is 4.79 Å². The van der Waals surface area contributed by atoms with Crippen LogP contribution in [0.4, 0.5) is 5.13 Å². The van der Waals surface area contributed by atoms with Crippen LogP contribution in [-0.4, -0.2) is 32.7 Å². The quantitative estimate of drug-likeness (QED) is 0.624. The zero-order valence-electron chi connectivity index (χ0n) is 11.7. The molecular weight excluding hydrogens is 336 g/mol. The van der Waals surface area contributed by atoms with Crippen molar-refractivity contribution >= 4 is 56.7 Å². The summed E-state index contributed by atoms with van der Waals surface area (Å²) in [4.78, 5) is 20.3. The number of hydrogen-bond donors (Lipinski definition) is 0. The number of amidine groups is 1. The molecule has 112 valence electrons. The minimum absolute atomic E-state index is 0.0571. The lowest BCUT2D eigenvalue weighted by Crippen LogP contribution is -2.29. The molecule has 8 heteroatoms. The van der Waals surface area contributed by atoms with Gasteiger partial charge in [0.15, 0.2) is 5.17 Å². The van der Waals surface area contributed by atoms with Gasteiger partial charge < -0.3 is 0 Å². The largest absolute Gasteiger partial charge is 0.282 e. The SMILES string of the molecule is C=CCN1C(=O)/C(=C\c2cccs2)SC1=Nc1nnc(C)s1. The molecule has 0 bridgehead atoms. The number of aromatic nitrogens is 2. The number of thioether (sulfide) groups is 1. The molecule has 2 aromatic rings. The van der Waals surface area contributed by atoms with Crippen LogP contribution >= 0.6 is 34.4 Å². The molecule has 1 amide bonds. The van der Waals surface area contributed by atoms with Crippen molar-refractivity contribution in [3.63, 3.8) is 0 Å². The highest BCUT2D eigenvalue weighted by Crippen LogP contribution is 2.35. The fourth-order valence-electron chi connectivity index (χ4n) is 1.80. The summed E-state index contributed by atoms with van der Waals surface area (Å²) < 4.78 is 0. The van der Waals surface area contributed by atoms with Gasteiger partial charge in [-0.3, -0.25) is 9.69 Å². The summed E-state index contributed by atoms with van der Waals surface area (Å²) in [6.45, 7) is 6.00. The van der Waals surface area contributed by atoms with Crippen LogP contribution in [-0.2, 0) is 4.79 Å². The molecule has 1 fully saturated rings. The Morgan fingerprint density at radius 1 is 1.45 bits per heavy atom. The molecule has 1 aliphatic heterocycles. The molecule has 22 heavy (non-hydrogen) atoms.